The third-order valence-electron chi connectivity index (χ3n) is 1.51. The maximum Gasteiger partial charge on any atom is 0.279 e. The van der Waals surface area contributed by atoms with Gasteiger partial charge >= 0.3 is 0 Å². The fourth-order valence-corrected chi connectivity index (χ4v) is 2.29. The summed E-state index contributed by atoms with van der Waals surface area (Å²) >= 11 is 1.52. The van der Waals surface area contributed by atoms with E-state index in [-0.39, 0.29) is 3.57 Å². The van der Waals surface area contributed by atoms with Crippen LogP contribution >= 0.6 is 22.6 Å². The predicted molar refractivity (Wildman–Crippen MR) is 56.1 cm³/mol. The minimum absolute atomic E-state index is 0.0268. The van der Waals surface area contributed by atoms with Gasteiger partial charge in [0, 0.05) is 0 Å². The van der Waals surface area contributed by atoms with E-state index < -0.39 is 32.6 Å². The van der Waals surface area contributed by atoms with Crippen LogP contribution in [0, 0.1) is 3.57 Å². The van der Waals surface area contributed by atoms with Gasteiger partial charge in [0.15, 0.2) is 0 Å². The number of pyridine rings is 1. The molecule has 1 rings (SSSR count). The summed E-state index contributed by atoms with van der Waals surface area (Å²) in [5.41, 5.74) is -1.76. The number of hydrogen-bond acceptors (Lipinski definition) is 3. The number of rotatable bonds is 2. The number of H-pyrrole nitrogens is 1. The molecule has 1 aromatic heterocycles. The van der Waals surface area contributed by atoms with Crippen molar-refractivity contribution in [2.75, 3.05) is 0 Å². The fraction of sp³-hybridized carbons (Fsp3) is 0.167. The van der Waals surface area contributed by atoms with E-state index in [9.17, 15) is 22.0 Å². The Morgan fingerprint density at radius 2 is 2.00 bits per heavy atom. The van der Waals surface area contributed by atoms with E-state index in [1.807, 2.05) is 0 Å². The maximum absolute atomic E-state index is 12.4. The Morgan fingerprint density at radius 1 is 1.47 bits per heavy atom. The zero-order chi connectivity index (χ0) is 11.8. The Balaban J connectivity index is 3.64. The molecule has 84 valence electrons. The normalized spacial score (nSPS) is 12.1. The SMILES string of the molecule is NS(=O)(=O)c1cc(I)c(=O)[nH]c1C(F)F. The van der Waals surface area contributed by atoms with E-state index in [0.29, 0.717) is 0 Å². The first-order valence-corrected chi connectivity index (χ1v) is 6.09. The number of aromatic amines is 1. The van der Waals surface area contributed by atoms with E-state index in [4.69, 9.17) is 5.14 Å². The molecule has 0 radical (unpaired) electrons. The van der Waals surface area contributed by atoms with Crippen LogP contribution in [0.1, 0.15) is 12.1 Å². The van der Waals surface area contributed by atoms with Crippen LogP contribution in [0.25, 0.3) is 0 Å². The van der Waals surface area contributed by atoms with Gasteiger partial charge in [0.25, 0.3) is 12.0 Å². The fourth-order valence-electron chi connectivity index (χ4n) is 0.900. The summed E-state index contributed by atoms with van der Waals surface area (Å²) in [5.74, 6) is 0. The molecule has 0 fully saturated rings. The molecule has 0 saturated heterocycles. The van der Waals surface area contributed by atoms with Crippen LogP contribution in [0.4, 0.5) is 8.78 Å². The lowest BCUT2D eigenvalue weighted by atomic mass is 10.3. The first kappa shape index (κ1) is 12.5. The monoisotopic (exact) mass is 350 g/mol. The molecule has 0 aliphatic carbocycles. The molecule has 0 aromatic carbocycles. The number of primary sulfonamides is 1. The van der Waals surface area contributed by atoms with Crippen LogP contribution in [0.5, 0.6) is 0 Å². The minimum Gasteiger partial charge on any atom is -0.319 e. The molecule has 3 N–H and O–H groups in total. The van der Waals surface area contributed by atoms with Gasteiger partial charge in [-0.15, -0.1) is 0 Å². The van der Waals surface area contributed by atoms with Crippen molar-refractivity contribution in [3.05, 3.63) is 25.7 Å². The van der Waals surface area contributed by atoms with Gasteiger partial charge in [0.1, 0.15) is 10.6 Å². The minimum atomic E-state index is -4.27. The summed E-state index contributed by atoms with van der Waals surface area (Å²) in [6.07, 6.45) is -3.11. The third-order valence-corrected chi connectivity index (χ3v) is 3.27. The highest BCUT2D eigenvalue weighted by atomic mass is 127. The molecule has 0 amide bonds. The van der Waals surface area contributed by atoms with Crippen LogP contribution in [0.15, 0.2) is 15.8 Å². The first-order valence-electron chi connectivity index (χ1n) is 3.47. The zero-order valence-electron chi connectivity index (χ0n) is 7.00. The van der Waals surface area contributed by atoms with Crippen molar-refractivity contribution < 1.29 is 17.2 Å². The lowest BCUT2D eigenvalue weighted by Gasteiger charge is -2.06. The largest absolute Gasteiger partial charge is 0.319 e. The second-order valence-electron chi connectivity index (χ2n) is 2.57. The van der Waals surface area contributed by atoms with Crippen molar-refractivity contribution in [1.82, 2.24) is 4.98 Å². The average Bonchev–Trinajstić information content (AvgIpc) is 2.06. The van der Waals surface area contributed by atoms with E-state index >= 15 is 0 Å². The van der Waals surface area contributed by atoms with Crippen molar-refractivity contribution >= 4 is 32.6 Å². The van der Waals surface area contributed by atoms with Gasteiger partial charge in [-0.25, -0.2) is 22.3 Å². The quantitative estimate of drug-likeness (QED) is 0.764. The predicted octanol–water partition coefficient (Wildman–Crippen LogP) is 0.565. The van der Waals surface area contributed by atoms with Crippen molar-refractivity contribution in [2.45, 2.75) is 11.3 Å². The van der Waals surface area contributed by atoms with Crippen LogP contribution in [-0.4, -0.2) is 13.4 Å². The van der Waals surface area contributed by atoms with Gasteiger partial charge in [-0.1, -0.05) is 0 Å². The summed E-state index contributed by atoms with van der Waals surface area (Å²) in [7, 11) is -4.27. The Labute approximate surface area is 96.9 Å². The van der Waals surface area contributed by atoms with Crippen molar-refractivity contribution in [3.63, 3.8) is 0 Å². The molecule has 0 spiro atoms. The number of halogens is 3. The highest BCUT2D eigenvalue weighted by Gasteiger charge is 2.22. The summed E-state index contributed by atoms with van der Waals surface area (Å²) in [4.78, 5) is 12.0. The summed E-state index contributed by atoms with van der Waals surface area (Å²) < 4.78 is 46.6. The molecule has 0 aliphatic heterocycles. The number of nitrogens with one attached hydrogen (secondary N) is 1. The number of aromatic nitrogens is 1. The van der Waals surface area contributed by atoms with Crippen LogP contribution in [0.2, 0.25) is 0 Å². The van der Waals surface area contributed by atoms with Gasteiger partial charge in [0.2, 0.25) is 10.0 Å². The third kappa shape index (κ3) is 2.72. The van der Waals surface area contributed by atoms with E-state index in [1.54, 1.807) is 4.98 Å². The Kier molecular flexibility index (Phi) is 3.45. The average molecular weight is 350 g/mol. The molecule has 1 heterocycles. The van der Waals surface area contributed by atoms with E-state index in [1.165, 1.54) is 22.6 Å². The number of hydrogen-bond donors (Lipinski definition) is 2. The van der Waals surface area contributed by atoms with Gasteiger partial charge in [0.05, 0.1) is 3.57 Å². The Morgan fingerprint density at radius 3 is 2.40 bits per heavy atom. The first-order chi connectivity index (χ1) is 6.73. The smallest absolute Gasteiger partial charge is 0.279 e. The molecule has 0 atom stereocenters. The molecule has 0 saturated carbocycles. The van der Waals surface area contributed by atoms with Gasteiger partial charge in [-0.3, -0.25) is 4.79 Å². The highest BCUT2D eigenvalue weighted by molar-refractivity contribution is 14.1. The Bertz CT molecular complexity index is 540. The van der Waals surface area contributed by atoms with Crippen molar-refractivity contribution in [3.8, 4) is 0 Å². The molecule has 9 heteroatoms. The lowest BCUT2D eigenvalue weighted by Crippen LogP contribution is -2.21. The van der Waals surface area contributed by atoms with Crippen molar-refractivity contribution in [2.24, 2.45) is 5.14 Å². The van der Waals surface area contributed by atoms with E-state index in [0.717, 1.165) is 6.07 Å². The lowest BCUT2D eigenvalue weighted by molar-refractivity contribution is 0.142. The summed E-state index contributed by atoms with van der Waals surface area (Å²) in [6.45, 7) is 0. The number of alkyl halides is 2. The molecule has 0 unspecified atom stereocenters. The van der Waals surface area contributed by atoms with Crippen LogP contribution < -0.4 is 10.7 Å². The molecule has 0 aliphatic rings. The van der Waals surface area contributed by atoms with Crippen LogP contribution in [-0.2, 0) is 10.0 Å². The molecule has 15 heavy (non-hydrogen) atoms. The molecule has 1 aromatic rings. The van der Waals surface area contributed by atoms with Gasteiger partial charge in [-0.05, 0) is 28.7 Å². The Hall–Kier alpha value is -0.550. The molecular formula is C6H5F2IN2O3S. The standard InChI is InChI=1S/C6H5F2IN2O3S/c7-5(8)4-3(15(10,13)14)1-2(9)6(12)11-4/h1,5H,(H,11,12)(H2,10,13,14). The zero-order valence-corrected chi connectivity index (χ0v) is 9.97. The number of nitrogens with two attached hydrogens (primary N) is 1. The van der Waals surface area contributed by atoms with E-state index in [2.05, 4.69) is 0 Å². The molecular weight excluding hydrogens is 345 g/mol. The topological polar surface area (TPSA) is 93.0 Å². The highest BCUT2D eigenvalue weighted by Crippen LogP contribution is 2.23. The van der Waals surface area contributed by atoms with Gasteiger partial charge < -0.3 is 4.98 Å². The number of sulfonamides is 1. The molecule has 5 nitrogen and oxygen atoms in total. The second-order valence-corrected chi connectivity index (χ2v) is 5.26. The maximum atomic E-state index is 12.4. The molecule has 0 bridgehead atoms. The summed E-state index contributed by atoms with van der Waals surface area (Å²) in [6, 6.07) is 0.816. The van der Waals surface area contributed by atoms with Crippen LogP contribution in [0.3, 0.4) is 0 Å². The summed E-state index contributed by atoms with van der Waals surface area (Å²) in [5, 5.41) is 4.73. The van der Waals surface area contributed by atoms with Gasteiger partial charge in [-0.2, -0.15) is 0 Å². The second kappa shape index (κ2) is 4.14. The van der Waals surface area contributed by atoms with Crippen molar-refractivity contribution in [1.29, 1.82) is 0 Å².